The predicted molar refractivity (Wildman–Crippen MR) is 56.9 cm³/mol. The molecule has 1 heterocycles. The van der Waals surface area contributed by atoms with Crippen LogP contribution >= 0.6 is 11.6 Å². The molecule has 2 fully saturated rings. The third kappa shape index (κ3) is 1.68. The summed E-state index contributed by atoms with van der Waals surface area (Å²) in [5.74, 6) is 0.827. The number of nitrogens with zero attached hydrogens (tertiary/aromatic N) is 1. The maximum absolute atomic E-state index is 12.0. The van der Waals surface area contributed by atoms with Gasteiger partial charge in [-0.15, -0.1) is 11.6 Å². The van der Waals surface area contributed by atoms with Crippen molar-refractivity contribution in [3.63, 3.8) is 0 Å². The predicted octanol–water partition coefficient (Wildman–Crippen LogP) is 1.43. The van der Waals surface area contributed by atoms with E-state index >= 15 is 0 Å². The lowest BCUT2D eigenvalue weighted by Gasteiger charge is -2.24. The normalized spacial score (nSPS) is 35.0. The molecule has 2 rings (SSSR count). The third-order valence-corrected chi connectivity index (χ3v) is 6.00. The molecule has 2 aliphatic rings. The van der Waals surface area contributed by atoms with Crippen molar-refractivity contribution in [1.29, 1.82) is 0 Å². The summed E-state index contributed by atoms with van der Waals surface area (Å²) in [4.78, 5) is 0. The van der Waals surface area contributed by atoms with E-state index in [1.54, 1.807) is 4.31 Å². The van der Waals surface area contributed by atoms with Gasteiger partial charge in [-0.3, -0.25) is 0 Å². The molecular formula is C9H16ClNO2S. The topological polar surface area (TPSA) is 37.4 Å². The van der Waals surface area contributed by atoms with Crippen LogP contribution in [0.2, 0.25) is 0 Å². The fourth-order valence-corrected chi connectivity index (χ4v) is 4.76. The fraction of sp³-hybridized carbons (Fsp3) is 1.00. The van der Waals surface area contributed by atoms with E-state index < -0.39 is 10.0 Å². The molecule has 2 atom stereocenters. The second-order valence-corrected chi connectivity index (χ2v) is 6.82. The first-order valence-electron chi connectivity index (χ1n) is 5.14. The second-order valence-electron chi connectivity index (χ2n) is 4.34. The summed E-state index contributed by atoms with van der Waals surface area (Å²) in [5.41, 5.74) is 0. The third-order valence-electron chi connectivity index (χ3n) is 3.26. The van der Waals surface area contributed by atoms with Gasteiger partial charge in [0.25, 0.3) is 0 Å². The van der Waals surface area contributed by atoms with Gasteiger partial charge in [-0.25, -0.2) is 8.42 Å². The zero-order valence-electron chi connectivity index (χ0n) is 8.32. The first-order chi connectivity index (χ1) is 6.57. The molecule has 14 heavy (non-hydrogen) atoms. The molecule has 3 nitrogen and oxygen atoms in total. The summed E-state index contributed by atoms with van der Waals surface area (Å²) in [7, 11) is -3.01. The molecule has 0 N–H and O–H groups in total. The fourth-order valence-electron chi connectivity index (χ4n) is 2.08. The van der Waals surface area contributed by atoms with Gasteiger partial charge in [-0.2, -0.15) is 4.31 Å². The molecule has 1 aliphatic carbocycles. The van der Waals surface area contributed by atoms with Gasteiger partial charge in [0.15, 0.2) is 0 Å². The maximum Gasteiger partial charge on any atom is 0.217 e. The van der Waals surface area contributed by atoms with E-state index in [2.05, 4.69) is 6.92 Å². The van der Waals surface area contributed by atoms with Crippen molar-refractivity contribution in [3.05, 3.63) is 0 Å². The SMILES string of the molecule is CC1CCN(S(=O)(=O)C2CC2)C1CCl. The van der Waals surface area contributed by atoms with E-state index in [0.717, 1.165) is 19.3 Å². The van der Waals surface area contributed by atoms with E-state index in [4.69, 9.17) is 11.6 Å². The summed E-state index contributed by atoms with van der Waals surface area (Å²) in [6, 6.07) is 0.0299. The van der Waals surface area contributed by atoms with Gasteiger partial charge in [-0.05, 0) is 25.2 Å². The van der Waals surface area contributed by atoms with Crippen molar-refractivity contribution >= 4 is 21.6 Å². The first kappa shape index (κ1) is 10.7. The molecule has 5 heteroatoms. The van der Waals surface area contributed by atoms with Crippen LogP contribution in [-0.4, -0.2) is 36.4 Å². The highest BCUT2D eigenvalue weighted by Crippen LogP contribution is 2.36. The molecule has 1 aliphatic heterocycles. The molecule has 2 unspecified atom stereocenters. The minimum atomic E-state index is -3.01. The Morgan fingerprint density at radius 2 is 2.00 bits per heavy atom. The van der Waals surface area contributed by atoms with Crippen molar-refractivity contribution in [2.45, 2.75) is 37.5 Å². The minimum Gasteiger partial charge on any atom is -0.212 e. The zero-order chi connectivity index (χ0) is 10.3. The molecule has 0 aromatic heterocycles. The van der Waals surface area contributed by atoms with Gasteiger partial charge in [0.2, 0.25) is 10.0 Å². The molecule has 0 radical (unpaired) electrons. The smallest absolute Gasteiger partial charge is 0.212 e. The highest BCUT2D eigenvalue weighted by atomic mass is 35.5. The van der Waals surface area contributed by atoms with Gasteiger partial charge in [-0.1, -0.05) is 6.92 Å². The van der Waals surface area contributed by atoms with Crippen molar-refractivity contribution in [1.82, 2.24) is 4.31 Å². The average Bonchev–Trinajstić information content (AvgIpc) is 2.90. The minimum absolute atomic E-state index is 0.0299. The molecule has 82 valence electrons. The first-order valence-corrected chi connectivity index (χ1v) is 7.17. The highest BCUT2D eigenvalue weighted by Gasteiger charge is 2.46. The average molecular weight is 238 g/mol. The zero-order valence-corrected chi connectivity index (χ0v) is 9.89. The lowest BCUT2D eigenvalue weighted by atomic mass is 10.1. The van der Waals surface area contributed by atoms with Crippen molar-refractivity contribution in [2.75, 3.05) is 12.4 Å². The summed E-state index contributed by atoms with van der Waals surface area (Å²) in [6.07, 6.45) is 2.62. The lowest BCUT2D eigenvalue weighted by molar-refractivity contribution is 0.374. The van der Waals surface area contributed by atoms with E-state index in [-0.39, 0.29) is 11.3 Å². The van der Waals surface area contributed by atoms with Crippen LogP contribution in [0.5, 0.6) is 0 Å². The summed E-state index contributed by atoms with van der Waals surface area (Å²) < 4.78 is 25.6. The van der Waals surface area contributed by atoms with E-state index in [1.807, 2.05) is 0 Å². The lowest BCUT2D eigenvalue weighted by Crippen LogP contribution is -2.40. The molecule has 0 aromatic rings. The van der Waals surface area contributed by atoms with Gasteiger partial charge < -0.3 is 0 Å². The summed E-state index contributed by atoms with van der Waals surface area (Å²) in [5, 5.41) is -0.0986. The largest absolute Gasteiger partial charge is 0.217 e. The second kappa shape index (κ2) is 3.65. The molecular weight excluding hydrogens is 222 g/mol. The monoisotopic (exact) mass is 237 g/mol. The van der Waals surface area contributed by atoms with Crippen LogP contribution in [0.15, 0.2) is 0 Å². The van der Waals surface area contributed by atoms with Gasteiger partial charge in [0, 0.05) is 18.5 Å². The molecule has 0 aromatic carbocycles. The van der Waals surface area contributed by atoms with Crippen molar-refractivity contribution in [3.8, 4) is 0 Å². The Balaban J connectivity index is 2.17. The molecule has 1 saturated carbocycles. The molecule has 1 saturated heterocycles. The Labute approximate surface area is 90.5 Å². The van der Waals surface area contributed by atoms with Crippen LogP contribution in [-0.2, 0) is 10.0 Å². The Morgan fingerprint density at radius 1 is 1.36 bits per heavy atom. The molecule has 0 amide bonds. The number of halogens is 1. The number of sulfonamides is 1. The standard InChI is InChI=1S/C9H16ClNO2S/c1-7-4-5-11(9(7)6-10)14(12,13)8-2-3-8/h7-9H,2-6H2,1H3. The molecule has 0 bridgehead atoms. The number of hydrogen-bond donors (Lipinski definition) is 0. The Hall–Kier alpha value is 0.200. The van der Waals surface area contributed by atoms with E-state index in [0.29, 0.717) is 18.3 Å². The molecule has 0 spiro atoms. The van der Waals surface area contributed by atoms with Crippen LogP contribution < -0.4 is 0 Å². The van der Waals surface area contributed by atoms with E-state index in [9.17, 15) is 8.42 Å². The van der Waals surface area contributed by atoms with Crippen LogP contribution in [0.25, 0.3) is 0 Å². The van der Waals surface area contributed by atoms with Crippen molar-refractivity contribution < 1.29 is 8.42 Å². The van der Waals surface area contributed by atoms with Crippen molar-refractivity contribution in [2.24, 2.45) is 5.92 Å². The van der Waals surface area contributed by atoms with Gasteiger partial charge in [0.1, 0.15) is 0 Å². The number of rotatable bonds is 3. The van der Waals surface area contributed by atoms with Crippen LogP contribution in [0.3, 0.4) is 0 Å². The Kier molecular flexibility index (Phi) is 2.79. The quantitative estimate of drug-likeness (QED) is 0.697. The number of hydrogen-bond acceptors (Lipinski definition) is 2. The highest BCUT2D eigenvalue weighted by molar-refractivity contribution is 7.90. The number of alkyl halides is 1. The summed E-state index contributed by atoms with van der Waals surface area (Å²) >= 11 is 5.82. The Bertz CT molecular complexity index is 313. The van der Waals surface area contributed by atoms with Crippen LogP contribution in [0, 0.1) is 5.92 Å². The maximum atomic E-state index is 12.0. The van der Waals surface area contributed by atoms with Gasteiger partial charge >= 0.3 is 0 Å². The van der Waals surface area contributed by atoms with Crippen LogP contribution in [0.1, 0.15) is 26.2 Å². The van der Waals surface area contributed by atoms with E-state index in [1.165, 1.54) is 0 Å². The van der Waals surface area contributed by atoms with Crippen LogP contribution in [0.4, 0.5) is 0 Å². The summed E-state index contributed by atoms with van der Waals surface area (Å²) in [6.45, 7) is 2.74. The Morgan fingerprint density at radius 3 is 2.50 bits per heavy atom. The van der Waals surface area contributed by atoms with Gasteiger partial charge in [0.05, 0.1) is 5.25 Å².